The summed E-state index contributed by atoms with van der Waals surface area (Å²) >= 11 is 5.62. The normalized spacial score (nSPS) is 11.9. The Hall–Kier alpha value is -2.08. The van der Waals surface area contributed by atoms with Gasteiger partial charge in [-0.3, -0.25) is 10.1 Å². The number of alkyl halides is 6. The summed E-state index contributed by atoms with van der Waals surface area (Å²) in [6, 6.07) is 4.88. The second-order valence-electron chi connectivity index (χ2n) is 5.27. The van der Waals surface area contributed by atoms with Gasteiger partial charge in [-0.2, -0.15) is 26.3 Å². The SMILES string of the molecule is O=C(NC(=O)c1ccccc1Br)Nc1cc(C(F)(F)F)cc(C(F)(F)F)c1Br. The average Bonchev–Trinajstić information content (AvgIpc) is 2.54. The predicted octanol–water partition coefficient (Wildman–Crippen LogP) is 6.21. The van der Waals surface area contributed by atoms with E-state index in [1.807, 2.05) is 10.6 Å². The first-order valence-corrected chi connectivity index (χ1v) is 8.74. The number of imide groups is 1. The first kappa shape index (κ1) is 22.2. The second kappa shape index (κ2) is 8.11. The Balaban J connectivity index is 2.33. The lowest BCUT2D eigenvalue weighted by Gasteiger charge is -2.17. The number of anilines is 1. The van der Waals surface area contributed by atoms with E-state index in [1.54, 1.807) is 6.07 Å². The van der Waals surface area contributed by atoms with Gasteiger partial charge in [-0.05, 0) is 56.1 Å². The first-order chi connectivity index (χ1) is 12.8. The number of carbonyl (C=O) groups excluding carboxylic acids is 2. The standard InChI is InChI=1S/C16H8Br2F6N2O2/c17-10-4-2-1-3-8(10)13(27)26-14(28)25-11-6-7(15(19,20)21)5-9(12(11)18)16(22,23)24/h1-6H,(H2,25,26,27,28). The van der Waals surface area contributed by atoms with Crippen LogP contribution in [-0.2, 0) is 12.4 Å². The Morgan fingerprint density at radius 1 is 0.893 bits per heavy atom. The van der Waals surface area contributed by atoms with Crippen molar-refractivity contribution in [2.75, 3.05) is 5.32 Å². The highest BCUT2D eigenvalue weighted by molar-refractivity contribution is 9.11. The zero-order valence-electron chi connectivity index (χ0n) is 13.3. The molecule has 28 heavy (non-hydrogen) atoms. The van der Waals surface area contributed by atoms with Crippen molar-refractivity contribution in [1.29, 1.82) is 0 Å². The molecular formula is C16H8Br2F6N2O2. The van der Waals surface area contributed by atoms with Crippen LogP contribution in [0.15, 0.2) is 45.3 Å². The van der Waals surface area contributed by atoms with E-state index in [-0.39, 0.29) is 11.6 Å². The maximum atomic E-state index is 13.0. The number of carbonyl (C=O) groups is 2. The van der Waals surface area contributed by atoms with E-state index in [0.717, 1.165) is 0 Å². The van der Waals surface area contributed by atoms with Crippen LogP contribution in [0.2, 0.25) is 0 Å². The van der Waals surface area contributed by atoms with Gasteiger partial charge in [0.1, 0.15) is 0 Å². The Labute approximate surface area is 170 Å². The molecule has 3 amide bonds. The molecule has 0 aliphatic rings. The summed E-state index contributed by atoms with van der Waals surface area (Å²) in [4.78, 5) is 24.0. The number of hydrogen-bond donors (Lipinski definition) is 2. The Morgan fingerprint density at radius 3 is 2.04 bits per heavy atom. The van der Waals surface area contributed by atoms with E-state index < -0.39 is 45.6 Å². The van der Waals surface area contributed by atoms with Gasteiger partial charge in [-0.25, -0.2) is 4.79 Å². The minimum absolute atomic E-state index is 0.0386. The van der Waals surface area contributed by atoms with Gasteiger partial charge in [0.15, 0.2) is 0 Å². The van der Waals surface area contributed by atoms with Crippen LogP contribution < -0.4 is 10.6 Å². The summed E-state index contributed by atoms with van der Waals surface area (Å²) in [6.45, 7) is 0. The van der Waals surface area contributed by atoms with E-state index in [2.05, 4.69) is 31.9 Å². The summed E-state index contributed by atoms with van der Waals surface area (Å²) in [5.41, 5.74) is -4.01. The van der Waals surface area contributed by atoms with Gasteiger partial charge in [-0.15, -0.1) is 0 Å². The third-order valence-electron chi connectivity index (χ3n) is 3.30. The van der Waals surface area contributed by atoms with Crippen LogP contribution >= 0.6 is 31.9 Å². The number of halogens is 8. The molecular weight excluding hydrogens is 526 g/mol. The summed E-state index contributed by atoms with van der Waals surface area (Å²) in [7, 11) is 0. The lowest BCUT2D eigenvalue weighted by molar-refractivity contribution is -0.143. The van der Waals surface area contributed by atoms with Crippen molar-refractivity contribution in [2.45, 2.75) is 12.4 Å². The van der Waals surface area contributed by atoms with E-state index in [1.165, 1.54) is 18.2 Å². The van der Waals surface area contributed by atoms with Crippen molar-refractivity contribution >= 4 is 49.5 Å². The predicted molar refractivity (Wildman–Crippen MR) is 94.8 cm³/mol. The van der Waals surface area contributed by atoms with Crippen LogP contribution in [0.5, 0.6) is 0 Å². The number of hydrogen-bond acceptors (Lipinski definition) is 2. The van der Waals surface area contributed by atoms with E-state index in [0.29, 0.717) is 10.5 Å². The monoisotopic (exact) mass is 532 g/mol. The van der Waals surface area contributed by atoms with Crippen molar-refractivity contribution in [2.24, 2.45) is 0 Å². The Bertz CT molecular complexity index is 928. The molecule has 150 valence electrons. The lowest BCUT2D eigenvalue weighted by Crippen LogP contribution is -2.34. The smallest absolute Gasteiger partial charge is 0.307 e. The zero-order valence-corrected chi connectivity index (χ0v) is 16.5. The molecule has 4 nitrogen and oxygen atoms in total. The van der Waals surface area contributed by atoms with Gasteiger partial charge in [-0.1, -0.05) is 12.1 Å². The molecule has 0 bridgehead atoms. The minimum Gasteiger partial charge on any atom is -0.307 e. The number of urea groups is 1. The van der Waals surface area contributed by atoms with Gasteiger partial charge in [0.2, 0.25) is 0 Å². The third-order valence-corrected chi connectivity index (χ3v) is 4.84. The van der Waals surface area contributed by atoms with Crippen LogP contribution in [0.25, 0.3) is 0 Å². The Kier molecular flexibility index (Phi) is 6.44. The molecule has 0 fully saturated rings. The van der Waals surface area contributed by atoms with Crippen molar-refractivity contribution < 1.29 is 35.9 Å². The van der Waals surface area contributed by atoms with Crippen LogP contribution in [0.3, 0.4) is 0 Å². The summed E-state index contributed by atoms with van der Waals surface area (Å²) in [6.07, 6.45) is -10.2. The summed E-state index contributed by atoms with van der Waals surface area (Å²) in [5.74, 6) is -0.913. The van der Waals surface area contributed by atoms with Gasteiger partial charge in [0.05, 0.1) is 26.9 Å². The molecule has 0 saturated carbocycles. The van der Waals surface area contributed by atoms with Crippen LogP contribution in [0.1, 0.15) is 21.5 Å². The molecule has 0 spiro atoms. The molecule has 12 heteroatoms. The molecule has 0 aliphatic carbocycles. The molecule has 0 aliphatic heterocycles. The van der Waals surface area contributed by atoms with Crippen molar-refractivity contribution in [3.05, 3.63) is 62.0 Å². The molecule has 0 unspecified atom stereocenters. The van der Waals surface area contributed by atoms with Gasteiger partial charge < -0.3 is 5.32 Å². The number of rotatable bonds is 2. The molecule has 0 atom stereocenters. The van der Waals surface area contributed by atoms with Crippen LogP contribution in [0.4, 0.5) is 36.8 Å². The maximum Gasteiger partial charge on any atom is 0.417 e. The van der Waals surface area contributed by atoms with Gasteiger partial charge in [0.25, 0.3) is 5.91 Å². The molecule has 0 heterocycles. The molecule has 2 aromatic rings. The highest BCUT2D eigenvalue weighted by Gasteiger charge is 2.39. The number of nitrogens with one attached hydrogen (secondary N) is 2. The van der Waals surface area contributed by atoms with Crippen LogP contribution in [-0.4, -0.2) is 11.9 Å². The fourth-order valence-corrected chi connectivity index (χ4v) is 3.07. The summed E-state index contributed by atoms with van der Waals surface area (Å²) < 4.78 is 77.3. The third kappa shape index (κ3) is 5.25. The average molecular weight is 534 g/mol. The molecule has 0 radical (unpaired) electrons. The van der Waals surface area contributed by atoms with Crippen LogP contribution in [0, 0.1) is 0 Å². The highest BCUT2D eigenvalue weighted by Crippen LogP contribution is 2.43. The quantitative estimate of drug-likeness (QED) is 0.451. The number of amides is 3. The minimum atomic E-state index is -5.11. The lowest BCUT2D eigenvalue weighted by atomic mass is 10.1. The molecule has 2 N–H and O–H groups in total. The fraction of sp³-hybridized carbons (Fsp3) is 0.125. The van der Waals surface area contributed by atoms with E-state index in [9.17, 15) is 35.9 Å². The largest absolute Gasteiger partial charge is 0.417 e. The maximum absolute atomic E-state index is 13.0. The van der Waals surface area contributed by atoms with E-state index in [4.69, 9.17) is 0 Å². The topological polar surface area (TPSA) is 58.2 Å². The van der Waals surface area contributed by atoms with Gasteiger partial charge in [0, 0.05) is 4.47 Å². The van der Waals surface area contributed by atoms with Crippen molar-refractivity contribution in [3.8, 4) is 0 Å². The second-order valence-corrected chi connectivity index (χ2v) is 6.92. The zero-order chi connectivity index (χ0) is 21.3. The summed E-state index contributed by atoms with van der Waals surface area (Å²) in [5, 5.41) is 3.65. The molecule has 2 rings (SSSR count). The molecule has 2 aromatic carbocycles. The highest BCUT2D eigenvalue weighted by atomic mass is 79.9. The number of benzene rings is 2. The van der Waals surface area contributed by atoms with Gasteiger partial charge >= 0.3 is 18.4 Å². The van der Waals surface area contributed by atoms with Crippen molar-refractivity contribution in [1.82, 2.24) is 5.32 Å². The molecule has 0 saturated heterocycles. The van der Waals surface area contributed by atoms with E-state index >= 15 is 0 Å². The van der Waals surface area contributed by atoms with Crippen molar-refractivity contribution in [3.63, 3.8) is 0 Å². The molecule has 0 aromatic heterocycles. The Morgan fingerprint density at radius 2 is 1.50 bits per heavy atom. The fourth-order valence-electron chi connectivity index (χ4n) is 2.05. The first-order valence-electron chi connectivity index (χ1n) is 7.15.